The number of halogens is 1. The summed E-state index contributed by atoms with van der Waals surface area (Å²) < 4.78 is 2.88. The van der Waals surface area contributed by atoms with Crippen LogP contribution in [0.5, 0.6) is 0 Å². The fourth-order valence-electron chi connectivity index (χ4n) is 4.13. The van der Waals surface area contributed by atoms with Crippen LogP contribution in [0.4, 0.5) is 11.5 Å². The number of nitrogens with two attached hydrogens (primary N) is 1. The molecule has 2 aromatic rings. The van der Waals surface area contributed by atoms with E-state index in [2.05, 4.69) is 17.5 Å². The maximum Gasteiger partial charge on any atom is 0.202 e. The first-order valence-corrected chi connectivity index (χ1v) is 10.8. The minimum Gasteiger partial charge on any atom is -0.396 e. The zero-order valence-electron chi connectivity index (χ0n) is 17.5. The highest BCUT2D eigenvalue weighted by molar-refractivity contribution is 6.49. The predicted octanol–water partition coefficient (Wildman–Crippen LogP) is 3.39. The highest BCUT2D eigenvalue weighted by Crippen LogP contribution is 2.32. The first kappa shape index (κ1) is 20.6. The van der Waals surface area contributed by atoms with E-state index in [9.17, 15) is 4.79 Å². The second kappa shape index (κ2) is 8.24. The van der Waals surface area contributed by atoms with Gasteiger partial charge in [0, 0.05) is 11.8 Å². The van der Waals surface area contributed by atoms with Crippen molar-refractivity contribution in [2.24, 2.45) is 10.7 Å². The van der Waals surface area contributed by atoms with Gasteiger partial charge in [-0.3, -0.25) is 4.79 Å². The van der Waals surface area contributed by atoms with E-state index in [1.54, 1.807) is 17.5 Å². The van der Waals surface area contributed by atoms with Crippen molar-refractivity contribution in [2.45, 2.75) is 26.2 Å². The van der Waals surface area contributed by atoms with Crippen LogP contribution in [0, 0.1) is 0 Å². The Hall–Kier alpha value is -2.64. The number of aliphatic imine (C=N–C) groups is 1. The summed E-state index contributed by atoms with van der Waals surface area (Å²) in [4.78, 5) is 16.8. The van der Waals surface area contributed by atoms with Crippen molar-refractivity contribution in [1.82, 2.24) is 9.61 Å². The predicted molar refractivity (Wildman–Crippen MR) is 121 cm³/mol. The summed E-state index contributed by atoms with van der Waals surface area (Å²) in [6.45, 7) is 5.99. The van der Waals surface area contributed by atoms with E-state index in [4.69, 9.17) is 22.3 Å². The fraction of sp³-hybridized carbons (Fsp3) is 0.409. The highest BCUT2D eigenvalue weighted by atomic mass is 35.5. The Morgan fingerprint density at radius 1 is 1.30 bits per heavy atom. The number of carbonyl (C=O) groups is 1. The Balaban J connectivity index is 1.65. The summed E-state index contributed by atoms with van der Waals surface area (Å²) in [5.74, 6) is 0.439. The van der Waals surface area contributed by atoms with Crippen molar-refractivity contribution in [3.63, 3.8) is 0 Å². The average Bonchev–Trinajstić information content (AvgIpc) is 3.08. The molecule has 3 N–H and O–H groups in total. The molecule has 1 fully saturated rings. The molecule has 1 saturated heterocycles. The van der Waals surface area contributed by atoms with Crippen LogP contribution in [0.25, 0.3) is 5.52 Å². The number of piperidine rings is 1. The van der Waals surface area contributed by atoms with Crippen LogP contribution in [0.15, 0.2) is 51.8 Å². The normalized spacial score (nSPS) is 20.7. The lowest BCUT2D eigenvalue weighted by Crippen LogP contribution is -2.50. The van der Waals surface area contributed by atoms with Gasteiger partial charge in [-0.1, -0.05) is 17.7 Å². The minimum atomic E-state index is -0.259. The summed E-state index contributed by atoms with van der Waals surface area (Å²) in [7, 11) is 2.33. The van der Waals surface area contributed by atoms with Crippen LogP contribution in [0.3, 0.4) is 0 Å². The molecule has 8 heteroatoms. The van der Waals surface area contributed by atoms with Crippen LogP contribution >= 0.6 is 11.6 Å². The number of rotatable bonds is 5. The molecule has 1 aliphatic carbocycles. The van der Waals surface area contributed by atoms with E-state index < -0.39 is 0 Å². The summed E-state index contributed by atoms with van der Waals surface area (Å²) in [6, 6.07) is 5.83. The molecular formula is C22H28ClN6O+. The lowest BCUT2D eigenvalue weighted by Gasteiger charge is -2.37. The zero-order chi connectivity index (χ0) is 21.3. The maximum absolute atomic E-state index is 12.1. The number of nitrogens with zero attached hydrogens (tertiary/aromatic N) is 4. The van der Waals surface area contributed by atoms with Crippen LogP contribution < -0.4 is 11.1 Å². The number of ketones is 1. The van der Waals surface area contributed by atoms with E-state index in [1.165, 1.54) is 32.4 Å². The number of aromatic nitrogens is 2. The molecule has 0 radical (unpaired) electrons. The molecule has 2 aliphatic rings. The van der Waals surface area contributed by atoms with Crippen molar-refractivity contribution in [3.05, 3.63) is 46.8 Å². The van der Waals surface area contributed by atoms with Gasteiger partial charge in [-0.2, -0.15) is 0 Å². The molecule has 158 valence electrons. The van der Waals surface area contributed by atoms with Gasteiger partial charge in [0.05, 0.1) is 50.2 Å². The zero-order valence-corrected chi connectivity index (χ0v) is 18.2. The van der Waals surface area contributed by atoms with Gasteiger partial charge in [-0.15, -0.1) is 5.10 Å². The van der Waals surface area contributed by atoms with Crippen molar-refractivity contribution >= 4 is 40.1 Å². The summed E-state index contributed by atoms with van der Waals surface area (Å²) in [5, 5.41) is 8.17. The number of hydrogen-bond donors (Lipinski definition) is 2. The smallest absolute Gasteiger partial charge is 0.202 e. The van der Waals surface area contributed by atoms with Gasteiger partial charge in [-0.25, -0.2) is 9.51 Å². The lowest BCUT2D eigenvalue weighted by molar-refractivity contribution is -0.912. The molecule has 0 unspecified atom stereocenters. The van der Waals surface area contributed by atoms with Crippen LogP contribution in [-0.2, 0) is 4.79 Å². The van der Waals surface area contributed by atoms with Gasteiger partial charge >= 0.3 is 0 Å². The topological polar surface area (TPSA) is 84.8 Å². The quantitative estimate of drug-likeness (QED) is 0.565. The Bertz CT molecular complexity index is 1070. The van der Waals surface area contributed by atoms with Crippen molar-refractivity contribution in [3.8, 4) is 0 Å². The van der Waals surface area contributed by atoms with Crippen LogP contribution in [-0.4, -0.2) is 58.8 Å². The standard InChI is InChI=1S/C22H27ClN6O/c1-15-14-16(19(24)18(23)21(15)30)26-20-17-8-4-5-10-28(17)27-22(20)25-9-13-29(2)11-6-3-7-12-29/h4-5,8,10,14H,3,6-7,9,11-13H2,1-2H3,(H2-,24,25,27,30)/p+1/b26-16+. The number of nitrogens with one attached hydrogen (secondary N) is 1. The molecule has 30 heavy (non-hydrogen) atoms. The van der Waals surface area contributed by atoms with E-state index in [-0.39, 0.29) is 16.5 Å². The van der Waals surface area contributed by atoms with E-state index in [1.807, 2.05) is 24.4 Å². The SMILES string of the molecule is CC1=C/C(=N\c2c(NCC[N+]3(C)CCCCC3)nn3ccccc23)C(N)=C(Cl)C1=O. The van der Waals surface area contributed by atoms with Gasteiger partial charge < -0.3 is 15.5 Å². The summed E-state index contributed by atoms with van der Waals surface area (Å²) >= 11 is 6.14. The fourth-order valence-corrected chi connectivity index (χ4v) is 4.37. The number of allylic oxidation sites excluding steroid dienone is 3. The number of quaternary nitrogens is 1. The largest absolute Gasteiger partial charge is 0.396 e. The first-order chi connectivity index (χ1) is 14.4. The highest BCUT2D eigenvalue weighted by Gasteiger charge is 2.25. The third kappa shape index (κ3) is 4.00. The maximum atomic E-state index is 12.1. The number of hydrogen-bond acceptors (Lipinski definition) is 5. The van der Waals surface area contributed by atoms with Crippen molar-refractivity contribution in [2.75, 3.05) is 38.5 Å². The minimum absolute atomic E-state index is 0.0160. The molecule has 0 bridgehead atoms. The third-order valence-electron chi connectivity index (χ3n) is 6.01. The van der Waals surface area contributed by atoms with E-state index in [0.29, 0.717) is 22.8 Å². The lowest BCUT2D eigenvalue weighted by atomic mass is 10.0. The molecule has 0 saturated carbocycles. The van der Waals surface area contributed by atoms with Crippen molar-refractivity contribution in [1.29, 1.82) is 0 Å². The Labute approximate surface area is 181 Å². The molecule has 0 aromatic carbocycles. The first-order valence-electron chi connectivity index (χ1n) is 10.4. The molecule has 4 rings (SSSR count). The van der Waals surface area contributed by atoms with E-state index in [0.717, 1.165) is 23.1 Å². The molecule has 7 nitrogen and oxygen atoms in total. The Morgan fingerprint density at radius 2 is 2.07 bits per heavy atom. The molecule has 0 spiro atoms. The van der Waals surface area contributed by atoms with E-state index >= 15 is 0 Å². The van der Waals surface area contributed by atoms with Gasteiger partial charge in [0.15, 0.2) is 5.82 Å². The van der Waals surface area contributed by atoms with Gasteiger partial charge in [-0.05, 0) is 44.4 Å². The number of fused-ring (bicyclic) bond motifs is 1. The third-order valence-corrected chi connectivity index (χ3v) is 6.38. The number of carbonyl (C=O) groups excluding carboxylic acids is 1. The monoisotopic (exact) mass is 427 g/mol. The summed E-state index contributed by atoms with van der Waals surface area (Å²) in [6.07, 6.45) is 7.49. The number of pyridine rings is 1. The second-order valence-electron chi connectivity index (χ2n) is 8.39. The molecule has 0 atom stereocenters. The van der Waals surface area contributed by atoms with Crippen LogP contribution in [0.2, 0.25) is 0 Å². The van der Waals surface area contributed by atoms with Crippen molar-refractivity contribution < 1.29 is 9.28 Å². The summed E-state index contributed by atoms with van der Waals surface area (Å²) in [5.41, 5.74) is 8.84. The molecular weight excluding hydrogens is 400 g/mol. The Kier molecular flexibility index (Phi) is 5.66. The Morgan fingerprint density at radius 3 is 2.83 bits per heavy atom. The average molecular weight is 428 g/mol. The second-order valence-corrected chi connectivity index (χ2v) is 8.76. The number of likely N-dealkylation sites (tertiary alicyclic amines) is 1. The number of anilines is 1. The van der Waals surface area contributed by atoms with Gasteiger partial charge in [0.1, 0.15) is 10.7 Å². The van der Waals surface area contributed by atoms with Gasteiger partial charge in [0.2, 0.25) is 5.78 Å². The number of Topliss-reactive ketones (excluding diaryl/α,β-unsaturated/α-hetero) is 1. The molecule has 3 heterocycles. The van der Waals surface area contributed by atoms with Gasteiger partial charge in [0.25, 0.3) is 0 Å². The van der Waals surface area contributed by atoms with Crippen LogP contribution in [0.1, 0.15) is 26.2 Å². The molecule has 2 aromatic heterocycles. The molecule has 1 aliphatic heterocycles. The molecule has 0 amide bonds. The number of likely N-dealkylation sites (N-methyl/N-ethyl adjacent to an activating group) is 1.